The molecule has 4 aliphatic rings. The fourth-order valence-electron chi connectivity index (χ4n) is 7.08. The van der Waals surface area contributed by atoms with Gasteiger partial charge in [-0.1, -0.05) is 18.9 Å². The number of hydrogen-bond donors (Lipinski definition) is 1. The molecule has 0 aromatic heterocycles. The van der Waals surface area contributed by atoms with E-state index in [1.807, 2.05) is 0 Å². The van der Waals surface area contributed by atoms with E-state index >= 15 is 0 Å². The third-order valence-electron chi connectivity index (χ3n) is 8.69. The Morgan fingerprint density at radius 1 is 1.11 bits per heavy atom. The van der Waals surface area contributed by atoms with E-state index in [1.165, 1.54) is 37.7 Å². The van der Waals surface area contributed by atoms with Crippen molar-refractivity contribution < 1.29 is 9.84 Å². The van der Waals surface area contributed by atoms with Gasteiger partial charge in [0.15, 0.2) is 0 Å². The van der Waals surface area contributed by atoms with Crippen molar-refractivity contribution in [2.24, 2.45) is 17.3 Å². The largest absolute Gasteiger partial charge is 0.490 e. The highest BCUT2D eigenvalue weighted by atomic mass is 16.5. The maximum atomic E-state index is 11.1. The van der Waals surface area contributed by atoms with Crippen LogP contribution in [-0.4, -0.2) is 16.8 Å². The van der Waals surface area contributed by atoms with Gasteiger partial charge in [0.1, 0.15) is 11.4 Å². The number of aryl methyl sites for hydroxylation is 1. The van der Waals surface area contributed by atoms with Gasteiger partial charge in [-0.2, -0.15) is 0 Å². The molecule has 27 heavy (non-hydrogen) atoms. The number of hydrogen-bond acceptors (Lipinski definition) is 2. The van der Waals surface area contributed by atoms with E-state index < -0.39 is 5.60 Å². The highest BCUT2D eigenvalue weighted by molar-refractivity contribution is 5.41. The third-order valence-corrected chi connectivity index (χ3v) is 8.69. The molecule has 0 heterocycles. The fraction of sp³-hybridized carbons (Fsp3) is 0.680. The fourth-order valence-corrected chi connectivity index (χ4v) is 7.08. The van der Waals surface area contributed by atoms with Crippen LogP contribution in [0.15, 0.2) is 18.2 Å². The molecule has 0 unspecified atom stereocenters. The second-order valence-electron chi connectivity index (χ2n) is 9.80. The number of ether oxygens (including phenoxy) is 1. The lowest BCUT2D eigenvalue weighted by molar-refractivity contribution is -0.0647. The van der Waals surface area contributed by atoms with Gasteiger partial charge in [0.05, 0.1) is 6.10 Å². The van der Waals surface area contributed by atoms with Crippen LogP contribution in [0.2, 0.25) is 0 Å². The highest BCUT2D eigenvalue weighted by Gasteiger charge is 2.61. The van der Waals surface area contributed by atoms with Crippen molar-refractivity contribution in [2.75, 3.05) is 0 Å². The lowest BCUT2D eigenvalue weighted by atomic mass is 9.53. The first-order valence-electron chi connectivity index (χ1n) is 11.0. The van der Waals surface area contributed by atoms with Crippen molar-refractivity contribution in [3.63, 3.8) is 0 Å². The molecule has 5 rings (SSSR count). The summed E-state index contributed by atoms with van der Waals surface area (Å²) in [5.74, 6) is 5.70. The molecule has 1 N–H and O–H groups in total. The summed E-state index contributed by atoms with van der Waals surface area (Å²) in [5.41, 5.74) is 2.04. The highest BCUT2D eigenvalue weighted by Crippen LogP contribution is 2.64. The van der Waals surface area contributed by atoms with Gasteiger partial charge in [0.25, 0.3) is 0 Å². The molecule has 1 aromatic carbocycles. The Hall–Kier alpha value is -1.46. The Balaban J connectivity index is 1.40. The smallest absolute Gasteiger partial charge is 0.130 e. The molecule has 0 aliphatic heterocycles. The number of fused-ring (bicyclic) bond motifs is 5. The summed E-state index contributed by atoms with van der Waals surface area (Å²) in [6, 6.07) is 6.88. The van der Waals surface area contributed by atoms with E-state index in [1.54, 1.807) is 5.56 Å². The zero-order chi connectivity index (χ0) is 18.6. The second-order valence-corrected chi connectivity index (χ2v) is 9.80. The van der Waals surface area contributed by atoms with Crippen molar-refractivity contribution in [1.29, 1.82) is 0 Å². The molecular formula is C25H32O2. The standard InChI is InChI=1S/C25H32O2/c1-3-25(26)15-13-23-22-10-8-17-16-19(27-18-6-4-5-7-18)9-11-20(17)21(22)12-14-24(23,25)2/h1,9,11,16,18,21-23,26H,4-8,10,12-15H2,2H3/t21-,22-,23-,24-,25+/m1/s1. The normalized spacial score (nSPS) is 40.7. The summed E-state index contributed by atoms with van der Waals surface area (Å²) in [6.07, 6.45) is 17.6. The van der Waals surface area contributed by atoms with Crippen LogP contribution in [0.3, 0.4) is 0 Å². The number of terminal acetylenes is 1. The van der Waals surface area contributed by atoms with E-state index in [9.17, 15) is 5.11 Å². The zero-order valence-electron chi connectivity index (χ0n) is 16.5. The van der Waals surface area contributed by atoms with Crippen LogP contribution in [0, 0.1) is 29.6 Å². The summed E-state index contributed by atoms with van der Waals surface area (Å²) in [7, 11) is 0. The Labute approximate surface area is 163 Å². The number of aliphatic hydroxyl groups is 1. The van der Waals surface area contributed by atoms with Gasteiger partial charge >= 0.3 is 0 Å². The van der Waals surface area contributed by atoms with E-state index in [2.05, 4.69) is 31.0 Å². The minimum atomic E-state index is -0.901. The molecule has 2 heteroatoms. The molecule has 0 radical (unpaired) electrons. The van der Waals surface area contributed by atoms with E-state index in [4.69, 9.17) is 11.2 Å². The van der Waals surface area contributed by atoms with Crippen molar-refractivity contribution in [3.05, 3.63) is 29.3 Å². The molecule has 1 aromatic rings. The molecular weight excluding hydrogens is 332 g/mol. The predicted octanol–water partition coefficient (Wildman–Crippen LogP) is 5.23. The van der Waals surface area contributed by atoms with Crippen LogP contribution in [0.25, 0.3) is 0 Å². The molecule has 2 nitrogen and oxygen atoms in total. The molecule has 0 spiro atoms. The maximum Gasteiger partial charge on any atom is 0.130 e. The topological polar surface area (TPSA) is 29.5 Å². The Morgan fingerprint density at radius 3 is 2.70 bits per heavy atom. The predicted molar refractivity (Wildman–Crippen MR) is 108 cm³/mol. The van der Waals surface area contributed by atoms with Gasteiger partial charge in [-0.15, -0.1) is 6.42 Å². The molecule has 144 valence electrons. The average Bonchev–Trinajstić information content (AvgIpc) is 3.28. The van der Waals surface area contributed by atoms with Crippen LogP contribution in [0.4, 0.5) is 0 Å². The zero-order valence-corrected chi connectivity index (χ0v) is 16.5. The summed E-state index contributed by atoms with van der Waals surface area (Å²) in [5, 5.41) is 11.1. The lowest BCUT2D eigenvalue weighted by Crippen LogP contribution is -2.50. The van der Waals surface area contributed by atoms with Crippen molar-refractivity contribution in [2.45, 2.75) is 88.8 Å². The first kappa shape index (κ1) is 17.6. The molecule has 0 bridgehead atoms. The Morgan fingerprint density at radius 2 is 1.93 bits per heavy atom. The summed E-state index contributed by atoms with van der Waals surface area (Å²) < 4.78 is 6.25. The van der Waals surface area contributed by atoms with Gasteiger partial charge in [0.2, 0.25) is 0 Å². The minimum Gasteiger partial charge on any atom is -0.490 e. The van der Waals surface area contributed by atoms with Crippen molar-refractivity contribution >= 4 is 0 Å². The van der Waals surface area contributed by atoms with Crippen LogP contribution < -0.4 is 4.74 Å². The molecule has 4 aliphatic carbocycles. The summed E-state index contributed by atoms with van der Waals surface area (Å²) in [4.78, 5) is 0. The van der Waals surface area contributed by atoms with Crippen LogP contribution in [-0.2, 0) is 6.42 Å². The number of benzene rings is 1. The SMILES string of the molecule is C#C[C@]1(O)CC[C@@H]2[C@@H]3CCc4cc(OC5CCCC5)ccc4[C@H]3CC[C@]21C. The first-order chi connectivity index (χ1) is 13.0. The van der Waals surface area contributed by atoms with Gasteiger partial charge in [0, 0.05) is 5.41 Å². The molecule has 3 fully saturated rings. The quantitative estimate of drug-likeness (QED) is 0.728. The second kappa shape index (κ2) is 6.28. The Bertz CT molecular complexity index is 771. The van der Waals surface area contributed by atoms with E-state index in [0.717, 1.165) is 37.9 Å². The van der Waals surface area contributed by atoms with E-state index in [0.29, 0.717) is 23.9 Å². The number of rotatable bonds is 2. The first-order valence-corrected chi connectivity index (χ1v) is 11.0. The van der Waals surface area contributed by atoms with Crippen LogP contribution >= 0.6 is 0 Å². The van der Waals surface area contributed by atoms with Crippen LogP contribution in [0.1, 0.15) is 81.8 Å². The van der Waals surface area contributed by atoms with Gasteiger partial charge < -0.3 is 9.84 Å². The Kier molecular flexibility index (Phi) is 4.10. The van der Waals surface area contributed by atoms with Gasteiger partial charge in [-0.05, 0) is 105 Å². The molecule has 5 atom stereocenters. The average molecular weight is 365 g/mol. The monoisotopic (exact) mass is 364 g/mol. The molecule has 3 saturated carbocycles. The maximum absolute atomic E-state index is 11.1. The van der Waals surface area contributed by atoms with E-state index in [-0.39, 0.29) is 5.41 Å². The van der Waals surface area contributed by atoms with Crippen molar-refractivity contribution in [3.8, 4) is 18.1 Å². The third kappa shape index (κ3) is 2.58. The summed E-state index contributed by atoms with van der Waals surface area (Å²) in [6.45, 7) is 2.26. The van der Waals surface area contributed by atoms with Gasteiger partial charge in [-0.3, -0.25) is 0 Å². The molecule has 0 amide bonds. The summed E-state index contributed by atoms with van der Waals surface area (Å²) >= 11 is 0. The van der Waals surface area contributed by atoms with Gasteiger partial charge in [-0.25, -0.2) is 0 Å². The lowest BCUT2D eigenvalue weighted by Gasteiger charge is -2.52. The minimum absolute atomic E-state index is 0.105. The molecule has 0 saturated heterocycles. The van der Waals surface area contributed by atoms with Crippen LogP contribution in [0.5, 0.6) is 5.75 Å². The van der Waals surface area contributed by atoms with Crippen molar-refractivity contribution in [1.82, 2.24) is 0 Å².